The zero-order chi connectivity index (χ0) is 27.2. The molecule has 1 aliphatic carbocycles. The van der Waals surface area contributed by atoms with Crippen molar-refractivity contribution in [2.24, 2.45) is 5.73 Å². The summed E-state index contributed by atoms with van der Waals surface area (Å²) >= 11 is 0. The standard InChI is InChI=1S/C30H36N6O3/c1-3-23-20(18-36-12-11-32-19-36)6-4-7-25(23)35-30-21(14-29(31)37)17-34-26-16-27(38-2)28(15-24(26)30)39-13-5-10-33-22-8-9-22/h4,6-7,11-12,15-17,19,22,33H,3,5,8-10,13-14,18H2,1-2H3,(H2,31,37)(H,34,35). The molecule has 4 aromatic rings. The quantitative estimate of drug-likeness (QED) is 0.209. The first kappa shape index (κ1) is 26.5. The van der Waals surface area contributed by atoms with E-state index >= 15 is 0 Å². The number of amides is 1. The SMILES string of the molecule is CCc1c(Cn2ccnc2)cccc1Nc1c(CC(N)=O)cnc2cc(OC)c(OCCCNC3CC3)cc12. The first-order valence-corrected chi connectivity index (χ1v) is 13.5. The van der Waals surface area contributed by atoms with Crippen LogP contribution in [0.2, 0.25) is 0 Å². The Hall–Kier alpha value is -4.11. The van der Waals surface area contributed by atoms with E-state index in [2.05, 4.69) is 44.2 Å². The Bertz CT molecular complexity index is 1430. The lowest BCUT2D eigenvalue weighted by Gasteiger charge is -2.20. The first-order valence-electron chi connectivity index (χ1n) is 13.5. The number of pyridine rings is 1. The van der Waals surface area contributed by atoms with Gasteiger partial charge >= 0.3 is 0 Å². The number of ether oxygens (including phenoxy) is 2. The number of nitrogens with two attached hydrogens (primary N) is 1. The third kappa shape index (κ3) is 6.49. The van der Waals surface area contributed by atoms with Crippen LogP contribution in [-0.4, -0.2) is 46.7 Å². The van der Waals surface area contributed by atoms with Crippen molar-refractivity contribution in [2.45, 2.75) is 51.6 Å². The number of nitrogens with one attached hydrogen (secondary N) is 2. The molecule has 1 aliphatic rings. The lowest BCUT2D eigenvalue weighted by Crippen LogP contribution is -2.19. The molecule has 0 unspecified atom stereocenters. The van der Waals surface area contributed by atoms with Gasteiger partial charge in [0, 0.05) is 53.9 Å². The molecular weight excluding hydrogens is 492 g/mol. The summed E-state index contributed by atoms with van der Waals surface area (Å²) in [5.74, 6) is 0.842. The van der Waals surface area contributed by atoms with Crippen LogP contribution in [0.1, 0.15) is 42.9 Å². The lowest BCUT2D eigenvalue weighted by atomic mass is 10.0. The van der Waals surface area contributed by atoms with Crippen molar-refractivity contribution in [3.63, 3.8) is 0 Å². The van der Waals surface area contributed by atoms with E-state index in [0.29, 0.717) is 30.7 Å². The molecule has 2 aromatic carbocycles. The average Bonchev–Trinajstić information content (AvgIpc) is 3.62. The molecule has 1 fully saturated rings. The zero-order valence-electron chi connectivity index (χ0n) is 22.6. The van der Waals surface area contributed by atoms with E-state index in [1.165, 1.54) is 24.0 Å². The third-order valence-corrected chi connectivity index (χ3v) is 6.98. The van der Waals surface area contributed by atoms with Crippen LogP contribution in [0.5, 0.6) is 11.5 Å². The molecule has 0 aliphatic heterocycles. The van der Waals surface area contributed by atoms with Crippen molar-refractivity contribution in [3.05, 3.63) is 71.9 Å². The Morgan fingerprint density at radius 3 is 2.79 bits per heavy atom. The maximum atomic E-state index is 12.0. The van der Waals surface area contributed by atoms with Gasteiger partial charge in [0.2, 0.25) is 5.91 Å². The number of imidazole rings is 1. The fourth-order valence-electron chi connectivity index (χ4n) is 4.86. The van der Waals surface area contributed by atoms with Gasteiger partial charge in [-0.25, -0.2) is 4.98 Å². The van der Waals surface area contributed by atoms with Crippen LogP contribution in [0.15, 0.2) is 55.2 Å². The van der Waals surface area contributed by atoms with Gasteiger partial charge < -0.3 is 30.4 Å². The largest absolute Gasteiger partial charge is 0.493 e. The van der Waals surface area contributed by atoms with Gasteiger partial charge in [0.25, 0.3) is 0 Å². The number of nitrogens with zero attached hydrogens (tertiary/aromatic N) is 3. The van der Waals surface area contributed by atoms with Gasteiger partial charge in [-0.1, -0.05) is 19.1 Å². The second kappa shape index (κ2) is 12.2. The molecule has 204 valence electrons. The number of benzene rings is 2. The maximum absolute atomic E-state index is 12.0. The molecule has 0 radical (unpaired) electrons. The summed E-state index contributed by atoms with van der Waals surface area (Å²) in [6.45, 7) is 4.35. The van der Waals surface area contributed by atoms with Crippen molar-refractivity contribution in [1.29, 1.82) is 0 Å². The summed E-state index contributed by atoms with van der Waals surface area (Å²) < 4.78 is 13.8. The Balaban J connectivity index is 1.50. The highest BCUT2D eigenvalue weighted by molar-refractivity contribution is 5.98. The fourth-order valence-corrected chi connectivity index (χ4v) is 4.86. The number of anilines is 2. The van der Waals surface area contributed by atoms with Gasteiger partial charge in [0.15, 0.2) is 11.5 Å². The van der Waals surface area contributed by atoms with Crippen molar-refractivity contribution in [1.82, 2.24) is 19.9 Å². The van der Waals surface area contributed by atoms with E-state index in [4.69, 9.17) is 15.2 Å². The van der Waals surface area contributed by atoms with Crippen LogP contribution < -0.4 is 25.8 Å². The molecule has 0 saturated heterocycles. The highest BCUT2D eigenvalue weighted by Crippen LogP contribution is 2.38. The molecule has 0 atom stereocenters. The Labute approximate surface area is 228 Å². The summed E-state index contributed by atoms with van der Waals surface area (Å²) in [7, 11) is 1.63. The van der Waals surface area contributed by atoms with E-state index in [-0.39, 0.29) is 6.42 Å². The summed E-state index contributed by atoms with van der Waals surface area (Å²) in [5.41, 5.74) is 11.2. The van der Waals surface area contributed by atoms with Gasteiger partial charge in [0.05, 0.1) is 37.7 Å². The molecular formula is C30H36N6O3. The zero-order valence-corrected chi connectivity index (χ0v) is 22.6. The van der Waals surface area contributed by atoms with E-state index in [0.717, 1.165) is 47.2 Å². The van der Waals surface area contributed by atoms with Crippen LogP contribution in [-0.2, 0) is 24.2 Å². The molecule has 2 heterocycles. The second-order valence-electron chi connectivity index (χ2n) is 9.91. The summed E-state index contributed by atoms with van der Waals surface area (Å²) in [5, 5.41) is 7.99. The Morgan fingerprint density at radius 1 is 1.21 bits per heavy atom. The minimum atomic E-state index is -0.420. The second-order valence-corrected chi connectivity index (χ2v) is 9.91. The number of carbonyl (C=O) groups is 1. The third-order valence-electron chi connectivity index (χ3n) is 6.98. The van der Waals surface area contributed by atoms with Gasteiger partial charge in [-0.05, 0) is 55.5 Å². The molecule has 4 N–H and O–H groups in total. The average molecular weight is 529 g/mol. The van der Waals surface area contributed by atoms with E-state index < -0.39 is 5.91 Å². The van der Waals surface area contributed by atoms with Gasteiger partial charge in [0.1, 0.15) is 0 Å². The van der Waals surface area contributed by atoms with E-state index in [1.54, 1.807) is 19.5 Å². The molecule has 0 bridgehead atoms. The maximum Gasteiger partial charge on any atom is 0.221 e. The molecule has 9 heteroatoms. The van der Waals surface area contributed by atoms with Crippen LogP contribution in [0.4, 0.5) is 11.4 Å². The highest BCUT2D eigenvalue weighted by atomic mass is 16.5. The molecule has 1 saturated carbocycles. The fraction of sp³-hybridized carbons (Fsp3) is 0.367. The number of rotatable bonds is 14. The summed E-state index contributed by atoms with van der Waals surface area (Å²) in [6.07, 6.45) is 11.6. The summed E-state index contributed by atoms with van der Waals surface area (Å²) in [4.78, 5) is 20.8. The number of aromatic nitrogens is 3. The molecule has 5 rings (SSSR count). The Kier molecular flexibility index (Phi) is 8.27. The highest BCUT2D eigenvalue weighted by Gasteiger charge is 2.20. The monoisotopic (exact) mass is 528 g/mol. The van der Waals surface area contributed by atoms with Crippen LogP contribution in [0, 0.1) is 0 Å². The molecule has 1 amide bonds. The van der Waals surface area contributed by atoms with Gasteiger partial charge in [-0.3, -0.25) is 9.78 Å². The normalized spacial score (nSPS) is 13.0. The van der Waals surface area contributed by atoms with Crippen molar-refractivity contribution in [2.75, 3.05) is 25.6 Å². The predicted molar refractivity (Wildman–Crippen MR) is 153 cm³/mol. The number of fused-ring (bicyclic) bond motifs is 1. The number of carbonyl (C=O) groups excluding carboxylic acids is 1. The van der Waals surface area contributed by atoms with Gasteiger partial charge in [-0.15, -0.1) is 0 Å². The van der Waals surface area contributed by atoms with Crippen molar-refractivity contribution >= 4 is 28.2 Å². The van der Waals surface area contributed by atoms with E-state index in [9.17, 15) is 4.79 Å². The molecule has 39 heavy (non-hydrogen) atoms. The number of hydrogen-bond acceptors (Lipinski definition) is 7. The van der Waals surface area contributed by atoms with Crippen LogP contribution in [0.25, 0.3) is 10.9 Å². The Morgan fingerprint density at radius 2 is 2.08 bits per heavy atom. The minimum absolute atomic E-state index is 0.0660. The summed E-state index contributed by atoms with van der Waals surface area (Å²) in [6, 6.07) is 10.7. The predicted octanol–water partition coefficient (Wildman–Crippen LogP) is 4.34. The first-order chi connectivity index (χ1) is 19.1. The molecule has 2 aromatic heterocycles. The van der Waals surface area contributed by atoms with Crippen molar-refractivity contribution in [3.8, 4) is 11.5 Å². The molecule has 0 spiro atoms. The minimum Gasteiger partial charge on any atom is -0.493 e. The van der Waals surface area contributed by atoms with Crippen LogP contribution >= 0.6 is 0 Å². The van der Waals surface area contributed by atoms with Crippen molar-refractivity contribution < 1.29 is 14.3 Å². The number of methoxy groups -OCH3 is 1. The number of primary amides is 1. The smallest absolute Gasteiger partial charge is 0.221 e. The number of hydrogen-bond donors (Lipinski definition) is 3. The van der Waals surface area contributed by atoms with Gasteiger partial charge in [-0.2, -0.15) is 0 Å². The van der Waals surface area contributed by atoms with E-state index in [1.807, 2.05) is 30.7 Å². The topological polar surface area (TPSA) is 116 Å². The molecule has 9 nitrogen and oxygen atoms in total. The lowest BCUT2D eigenvalue weighted by molar-refractivity contribution is -0.117. The van der Waals surface area contributed by atoms with Crippen LogP contribution in [0.3, 0.4) is 0 Å².